The number of pyridine rings is 1. The van der Waals surface area contributed by atoms with Gasteiger partial charge in [-0.1, -0.05) is 39.2 Å². The van der Waals surface area contributed by atoms with E-state index in [0.29, 0.717) is 17.8 Å². The molecule has 0 aliphatic heterocycles. The van der Waals surface area contributed by atoms with Crippen LogP contribution < -0.4 is 0 Å². The van der Waals surface area contributed by atoms with Gasteiger partial charge in [-0.2, -0.15) is 0 Å². The first kappa shape index (κ1) is 12.1. The Morgan fingerprint density at radius 1 is 1.29 bits per heavy atom. The van der Waals surface area contributed by atoms with E-state index in [9.17, 15) is 4.79 Å². The van der Waals surface area contributed by atoms with Crippen LogP contribution in [0, 0.1) is 11.8 Å². The summed E-state index contributed by atoms with van der Waals surface area (Å²) in [5.41, 5.74) is 1.11. The molecule has 1 aliphatic rings. The van der Waals surface area contributed by atoms with Gasteiger partial charge in [0.25, 0.3) is 0 Å². The van der Waals surface area contributed by atoms with Crippen LogP contribution in [0.5, 0.6) is 0 Å². The highest BCUT2D eigenvalue weighted by molar-refractivity contribution is 5.85. The molecule has 1 heterocycles. The first-order valence-electron chi connectivity index (χ1n) is 6.30. The highest BCUT2D eigenvalue weighted by Crippen LogP contribution is 2.40. The Morgan fingerprint density at radius 3 is 2.53 bits per heavy atom. The van der Waals surface area contributed by atoms with Gasteiger partial charge in [0.2, 0.25) is 0 Å². The van der Waals surface area contributed by atoms with E-state index in [1.165, 1.54) is 19.3 Å². The van der Waals surface area contributed by atoms with Gasteiger partial charge >= 0.3 is 5.97 Å². The molecule has 0 aromatic carbocycles. The molecule has 0 saturated heterocycles. The third kappa shape index (κ3) is 2.48. The maximum atomic E-state index is 10.9. The summed E-state index contributed by atoms with van der Waals surface area (Å²) in [4.78, 5) is 15.2. The van der Waals surface area contributed by atoms with Crippen LogP contribution in [0.4, 0.5) is 0 Å². The number of nitrogens with zero attached hydrogens (tertiary/aromatic N) is 1. The largest absolute Gasteiger partial charge is 0.477 e. The van der Waals surface area contributed by atoms with E-state index >= 15 is 0 Å². The van der Waals surface area contributed by atoms with Crippen LogP contribution in [0.1, 0.15) is 55.2 Å². The van der Waals surface area contributed by atoms with Crippen LogP contribution in [0.3, 0.4) is 0 Å². The van der Waals surface area contributed by atoms with Crippen LogP contribution >= 0.6 is 0 Å². The number of aromatic carboxylic acids is 1. The molecule has 0 radical (unpaired) electrons. The Labute approximate surface area is 102 Å². The highest BCUT2D eigenvalue weighted by atomic mass is 16.4. The predicted octanol–water partition coefficient (Wildman–Crippen LogP) is 3.32. The van der Waals surface area contributed by atoms with Gasteiger partial charge in [0.05, 0.1) is 0 Å². The van der Waals surface area contributed by atoms with Gasteiger partial charge in [-0.25, -0.2) is 9.78 Å². The number of hydrogen-bond donors (Lipinski definition) is 1. The number of aromatic nitrogens is 1. The van der Waals surface area contributed by atoms with Crippen molar-refractivity contribution >= 4 is 5.97 Å². The second kappa shape index (κ2) is 4.86. The van der Waals surface area contributed by atoms with Crippen LogP contribution in [0.2, 0.25) is 0 Å². The topological polar surface area (TPSA) is 50.2 Å². The molecule has 1 saturated carbocycles. The Kier molecular flexibility index (Phi) is 3.46. The summed E-state index contributed by atoms with van der Waals surface area (Å²) in [5.74, 6) is 0.650. The van der Waals surface area contributed by atoms with E-state index in [1.807, 2.05) is 6.07 Å². The molecule has 2 rings (SSSR count). The molecule has 92 valence electrons. The smallest absolute Gasteiger partial charge is 0.354 e. The molecular weight excluding hydrogens is 214 g/mol. The van der Waals surface area contributed by atoms with Crippen molar-refractivity contribution < 1.29 is 9.90 Å². The molecule has 2 atom stereocenters. The molecule has 1 N–H and O–H groups in total. The number of carboxylic acids is 1. The zero-order valence-electron chi connectivity index (χ0n) is 10.4. The standard InChI is InChI=1S/C14H19NO2/c1-9-5-3-6-10(2)13(9)11-7-4-8-12(15-11)14(16)17/h4,7-10,13H,3,5-6H2,1-2H3,(H,16,17). The van der Waals surface area contributed by atoms with Gasteiger partial charge in [-0.15, -0.1) is 0 Å². The maximum absolute atomic E-state index is 10.9. The Balaban J connectivity index is 2.31. The minimum Gasteiger partial charge on any atom is -0.477 e. The van der Waals surface area contributed by atoms with E-state index in [0.717, 1.165) is 5.69 Å². The van der Waals surface area contributed by atoms with E-state index in [1.54, 1.807) is 12.1 Å². The van der Waals surface area contributed by atoms with Crippen molar-refractivity contribution in [3.8, 4) is 0 Å². The van der Waals surface area contributed by atoms with Crippen LogP contribution in [-0.4, -0.2) is 16.1 Å². The summed E-state index contributed by atoms with van der Waals surface area (Å²) in [7, 11) is 0. The van der Waals surface area contributed by atoms with Crippen molar-refractivity contribution in [1.29, 1.82) is 0 Å². The molecule has 1 aliphatic carbocycles. The minimum absolute atomic E-state index is 0.160. The SMILES string of the molecule is CC1CCCC(C)C1c1cccc(C(=O)O)n1. The fourth-order valence-corrected chi connectivity index (χ4v) is 3.02. The molecule has 0 amide bonds. The van der Waals surface area contributed by atoms with E-state index in [4.69, 9.17) is 5.11 Å². The molecule has 1 aromatic rings. The fourth-order valence-electron chi connectivity index (χ4n) is 3.02. The number of rotatable bonds is 2. The molecule has 17 heavy (non-hydrogen) atoms. The van der Waals surface area contributed by atoms with E-state index < -0.39 is 5.97 Å². The lowest BCUT2D eigenvalue weighted by atomic mass is 9.72. The Morgan fingerprint density at radius 2 is 1.94 bits per heavy atom. The van der Waals surface area contributed by atoms with Gasteiger partial charge in [0, 0.05) is 11.6 Å². The third-order valence-electron chi connectivity index (χ3n) is 3.88. The second-order valence-corrected chi connectivity index (χ2v) is 5.16. The molecule has 3 nitrogen and oxygen atoms in total. The number of hydrogen-bond acceptors (Lipinski definition) is 2. The molecule has 0 spiro atoms. The first-order valence-corrected chi connectivity index (χ1v) is 6.30. The fraction of sp³-hybridized carbons (Fsp3) is 0.571. The Bertz CT molecular complexity index is 406. The normalized spacial score (nSPS) is 28.9. The minimum atomic E-state index is -0.942. The average molecular weight is 233 g/mol. The molecule has 2 unspecified atom stereocenters. The second-order valence-electron chi connectivity index (χ2n) is 5.16. The van der Waals surface area contributed by atoms with Crippen LogP contribution in [0.15, 0.2) is 18.2 Å². The van der Waals surface area contributed by atoms with Crippen molar-refractivity contribution in [2.24, 2.45) is 11.8 Å². The predicted molar refractivity (Wildman–Crippen MR) is 66.1 cm³/mol. The lowest BCUT2D eigenvalue weighted by molar-refractivity contribution is 0.0689. The summed E-state index contributed by atoms with van der Waals surface area (Å²) in [6, 6.07) is 5.33. The lowest BCUT2D eigenvalue weighted by Gasteiger charge is -2.34. The van der Waals surface area contributed by atoms with E-state index in [2.05, 4.69) is 18.8 Å². The van der Waals surface area contributed by atoms with Crippen molar-refractivity contribution in [3.63, 3.8) is 0 Å². The maximum Gasteiger partial charge on any atom is 0.354 e. The summed E-state index contributed by atoms with van der Waals surface area (Å²) >= 11 is 0. The molecule has 3 heteroatoms. The van der Waals surface area contributed by atoms with Gasteiger partial charge < -0.3 is 5.11 Å². The monoisotopic (exact) mass is 233 g/mol. The first-order chi connectivity index (χ1) is 8.09. The van der Waals surface area contributed by atoms with Crippen molar-refractivity contribution in [3.05, 3.63) is 29.6 Å². The number of carbonyl (C=O) groups is 1. The summed E-state index contributed by atoms with van der Waals surface area (Å²) in [6.45, 7) is 4.49. The highest BCUT2D eigenvalue weighted by Gasteiger charge is 2.30. The summed E-state index contributed by atoms with van der Waals surface area (Å²) in [5, 5.41) is 8.98. The summed E-state index contributed by atoms with van der Waals surface area (Å²) in [6.07, 6.45) is 3.71. The van der Waals surface area contributed by atoms with Gasteiger partial charge in [-0.05, 0) is 24.0 Å². The van der Waals surface area contributed by atoms with Gasteiger partial charge in [-0.3, -0.25) is 0 Å². The zero-order valence-corrected chi connectivity index (χ0v) is 10.4. The van der Waals surface area contributed by atoms with E-state index in [-0.39, 0.29) is 5.69 Å². The lowest BCUT2D eigenvalue weighted by Crippen LogP contribution is -2.24. The van der Waals surface area contributed by atoms with Crippen molar-refractivity contribution in [2.75, 3.05) is 0 Å². The summed E-state index contributed by atoms with van der Waals surface area (Å²) < 4.78 is 0. The molecular formula is C14H19NO2. The third-order valence-corrected chi connectivity index (χ3v) is 3.88. The molecule has 0 bridgehead atoms. The number of carboxylic acid groups (broad SMARTS) is 1. The quantitative estimate of drug-likeness (QED) is 0.852. The van der Waals surface area contributed by atoms with Gasteiger partial charge in [0.1, 0.15) is 5.69 Å². The van der Waals surface area contributed by atoms with Crippen LogP contribution in [-0.2, 0) is 0 Å². The van der Waals surface area contributed by atoms with Crippen molar-refractivity contribution in [1.82, 2.24) is 4.98 Å². The van der Waals surface area contributed by atoms with Crippen LogP contribution in [0.25, 0.3) is 0 Å². The zero-order chi connectivity index (χ0) is 12.4. The van der Waals surface area contributed by atoms with Crippen molar-refractivity contribution in [2.45, 2.75) is 39.0 Å². The molecule has 1 aromatic heterocycles. The Hall–Kier alpha value is -1.38. The average Bonchev–Trinajstić information content (AvgIpc) is 2.29. The molecule has 1 fully saturated rings. The van der Waals surface area contributed by atoms with Gasteiger partial charge in [0.15, 0.2) is 0 Å².